The second kappa shape index (κ2) is 4.19. The first-order valence-corrected chi connectivity index (χ1v) is 5.57. The molecule has 1 aromatic carbocycles. The molecule has 0 atom stereocenters. The van der Waals surface area contributed by atoms with Crippen molar-refractivity contribution in [2.24, 2.45) is 0 Å². The summed E-state index contributed by atoms with van der Waals surface area (Å²) in [4.78, 5) is 0. The smallest absolute Gasteiger partial charge is 0.0468 e. The molecule has 1 nitrogen and oxygen atoms in total. The van der Waals surface area contributed by atoms with Crippen LogP contribution >= 0.6 is 0 Å². The van der Waals surface area contributed by atoms with E-state index < -0.39 is 0 Å². The highest BCUT2D eigenvalue weighted by molar-refractivity contribution is 5.41. The number of aliphatic hydroxyl groups is 1. The summed E-state index contributed by atoms with van der Waals surface area (Å²) >= 11 is 0. The highest BCUT2D eigenvalue weighted by Gasteiger charge is 2.14. The van der Waals surface area contributed by atoms with Crippen molar-refractivity contribution in [2.45, 2.75) is 33.1 Å². The summed E-state index contributed by atoms with van der Waals surface area (Å²) in [7, 11) is 0. The Bertz CT molecular complexity index is 402. The van der Waals surface area contributed by atoms with Crippen molar-refractivity contribution >= 4 is 0 Å². The molecule has 1 heteroatoms. The van der Waals surface area contributed by atoms with E-state index in [-0.39, 0.29) is 6.61 Å². The molecule has 80 valence electrons. The third-order valence-corrected chi connectivity index (χ3v) is 3.24. The highest BCUT2D eigenvalue weighted by atomic mass is 16.2. The molecule has 0 heterocycles. The standard InChI is InChI=1S/C14H18O/c1-10-3-4-13-8-11(2)12(5-6-15)9-14(13)7-10/h3-4,7,15H,5-6,8-9H2,1-2H3. The second-order valence-electron chi connectivity index (χ2n) is 4.48. The lowest BCUT2D eigenvalue weighted by Crippen LogP contribution is -2.08. The van der Waals surface area contributed by atoms with E-state index in [1.807, 2.05) is 0 Å². The van der Waals surface area contributed by atoms with E-state index in [2.05, 4.69) is 32.0 Å². The molecule has 0 saturated heterocycles. The van der Waals surface area contributed by atoms with Crippen LogP contribution < -0.4 is 0 Å². The number of aliphatic hydroxyl groups excluding tert-OH is 1. The third kappa shape index (κ3) is 2.13. The van der Waals surface area contributed by atoms with Gasteiger partial charge in [-0.15, -0.1) is 0 Å². The number of rotatable bonds is 2. The zero-order valence-corrected chi connectivity index (χ0v) is 9.51. The fourth-order valence-electron chi connectivity index (χ4n) is 2.32. The molecule has 15 heavy (non-hydrogen) atoms. The van der Waals surface area contributed by atoms with Gasteiger partial charge in [0.2, 0.25) is 0 Å². The van der Waals surface area contributed by atoms with E-state index in [1.54, 1.807) is 0 Å². The molecule has 1 aliphatic carbocycles. The molecule has 1 N–H and O–H groups in total. The lowest BCUT2D eigenvalue weighted by molar-refractivity contribution is 0.297. The molecule has 0 amide bonds. The minimum absolute atomic E-state index is 0.272. The van der Waals surface area contributed by atoms with E-state index in [1.165, 1.54) is 27.8 Å². The predicted molar refractivity (Wildman–Crippen MR) is 63.0 cm³/mol. The van der Waals surface area contributed by atoms with Gasteiger partial charge in [0.15, 0.2) is 0 Å². The first-order chi connectivity index (χ1) is 7.20. The van der Waals surface area contributed by atoms with Crippen molar-refractivity contribution in [3.8, 4) is 0 Å². The Hall–Kier alpha value is -1.08. The van der Waals surface area contributed by atoms with Crippen LogP contribution in [0.3, 0.4) is 0 Å². The van der Waals surface area contributed by atoms with Crippen LogP contribution in [0.1, 0.15) is 30.0 Å². The molecule has 0 fully saturated rings. The summed E-state index contributed by atoms with van der Waals surface area (Å²) in [6.45, 7) is 4.60. The van der Waals surface area contributed by atoms with Crippen LogP contribution in [0, 0.1) is 6.92 Å². The molecular weight excluding hydrogens is 184 g/mol. The van der Waals surface area contributed by atoms with Crippen LogP contribution in [0.5, 0.6) is 0 Å². The first-order valence-electron chi connectivity index (χ1n) is 5.57. The van der Waals surface area contributed by atoms with Crippen molar-refractivity contribution in [2.75, 3.05) is 6.61 Å². The summed E-state index contributed by atoms with van der Waals surface area (Å²) in [5.41, 5.74) is 7.11. The van der Waals surface area contributed by atoms with Crippen molar-refractivity contribution in [1.29, 1.82) is 0 Å². The van der Waals surface area contributed by atoms with Gasteiger partial charge in [-0.05, 0) is 44.2 Å². The van der Waals surface area contributed by atoms with Crippen LogP contribution in [0.15, 0.2) is 29.3 Å². The van der Waals surface area contributed by atoms with Gasteiger partial charge in [-0.25, -0.2) is 0 Å². The van der Waals surface area contributed by atoms with Crippen LogP contribution in [0.2, 0.25) is 0 Å². The van der Waals surface area contributed by atoms with E-state index in [0.717, 1.165) is 19.3 Å². The molecule has 0 spiro atoms. The minimum atomic E-state index is 0.272. The SMILES string of the molecule is CC1=C(CCO)Cc2cc(C)ccc2C1. The van der Waals surface area contributed by atoms with Gasteiger partial charge >= 0.3 is 0 Å². The third-order valence-electron chi connectivity index (χ3n) is 3.24. The van der Waals surface area contributed by atoms with Crippen LogP contribution in [0.25, 0.3) is 0 Å². The number of hydrogen-bond acceptors (Lipinski definition) is 1. The van der Waals surface area contributed by atoms with E-state index in [9.17, 15) is 0 Å². The van der Waals surface area contributed by atoms with Crippen LogP contribution in [-0.2, 0) is 12.8 Å². The maximum atomic E-state index is 9.00. The number of hydrogen-bond donors (Lipinski definition) is 1. The van der Waals surface area contributed by atoms with Gasteiger partial charge in [0, 0.05) is 6.61 Å². The topological polar surface area (TPSA) is 20.2 Å². The average molecular weight is 202 g/mol. The van der Waals surface area contributed by atoms with Gasteiger partial charge in [-0.2, -0.15) is 0 Å². The van der Waals surface area contributed by atoms with Gasteiger partial charge in [-0.3, -0.25) is 0 Å². The molecule has 0 aromatic heterocycles. The number of benzene rings is 1. The van der Waals surface area contributed by atoms with Gasteiger partial charge in [0.1, 0.15) is 0 Å². The van der Waals surface area contributed by atoms with Crippen LogP contribution in [-0.4, -0.2) is 11.7 Å². The van der Waals surface area contributed by atoms with Gasteiger partial charge in [0.05, 0.1) is 0 Å². The molecule has 0 unspecified atom stereocenters. The monoisotopic (exact) mass is 202 g/mol. The second-order valence-corrected chi connectivity index (χ2v) is 4.48. The van der Waals surface area contributed by atoms with E-state index >= 15 is 0 Å². The predicted octanol–water partition coefficient (Wildman–Crippen LogP) is 2.79. The Labute approximate surface area is 91.4 Å². The molecule has 0 bridgehead atoms. The molecule has 0 aliphatic heterocycles. The Morgan fingerprint density at radius 2 is 1.93 bits per heavy atom. The fourth-order valence-corrected chi connectivity index (χ4v) is 2.32. The summed E-state index contributed by atoms with van der Waals surface area (Å²) in [5.74, 6) is 0. The van der Waals surface area contributed by atoms with Crippen molar-refractivity contribution in [1.82, 2.24) is 0 Å². The van der Waals surface area contributed by atoms with Gasteiger partial charge in [-0.1, -0.05) is 34.9 Å². The van der Waals surface area contributed by atoms with Crippen molar-refractivity contribution in [3.63, 3.8) is 0 Å². The van der Waals surface area contributed by atoms with Crippen LogP contribution in [0.4, 0.5) is 0 Å². The maximum absolute atomic E-state index is 9.00. The van der Waals surface area contributed by atoms with E-state index in [0.29, 0.717) is 0 Å². The molecular formula is C14H18O. The largest absolute Gasteiger partial charge is 0.396 e. The molecule has 1 aromatic rings. The summed E-state index contributed by atoms with van der Waals surface area (Å²) < 4.78 is 0. The normalized spacial score (nSPS) is 15.4. The summed E-state index contributed by atoms with van der Waals surface area (Å²) in [5, 5.41) is 9.00. The molecule has 1 aliphatic rings. The maximum Gasteiger partial charge on any atom is 0.0468 e. The number of fused-ring (bicyclic) bond motifs is 1. The summed E-state index contributed by atoms with van der Waals surface area (Å²) in [6.07, 6.45) is 2.92. The lowest BCUT2D eigenvalue weighted by Gasteiger charge is -2.21. The Morgan fingerprint density at radius 1 is 1.13 bits per heavy atom. The van der Waals surface area contributed by atoms with Gasteiger partial charge in [0.25, 0.3) is 0 Å². The van der Waals surface area contributed by atoms with E-state index in [4.69, 9.17) is 5.11 Å². The van der Waals surface area contributed by atoms with Crippen molar-refractivity contribution in [3.05, 3.63) is 46.0 Å². The summed E-state index contributed by atoms with van der Waals surface area (Å²) in [6, 6.07) is 6.70. The fraction of sp³-hybridized carbons (Fsp3) is 0.429. The zero-order valence-electron chi connectivity index (χ0n) is 9.51. The zero-order chi connectivity index (χ0) is 10.8. The Morgan fingerprint density at radius 3 is 2.67 bits per heavy atom. The first kappa shape index (κ1) is 10.4. The lowest BCUT2D eigenvalue weighted by atomic mass is 9.85. The highest BCUT2D eigenvalue weighted by Crippen LogP contribution is 2.28. The number of allylic oxidation sites excluding steroid dienone is 1. The molecule has 2 rings (SSSR count). The molecule has 0 saturated carbocycles. The minimum Gasteiger partial charge on any atom is -0.396 e. The molecule has 0 radical (unpaired) electrons. The Kier molecular flexibility index (Phi) is 2.92. The average Bonchev–Trinajstić information content (AvgIpc) is 2.20. The quantitative estimate of drug-likeness (QED) is 0.731. The Balaban J connectivity index is 2.30. The van der Waals surface area contributed by atoms with Crippen molar-refractivity contribution < 1.29 is 5.11 Å². The number of aryl methyl sites for hydroxylation is 1. The van der Waals surface area contributed by atoms with Gasteiger partial charge < -0.3 is 5.11 Å².